The van der Waals surface area contributed by atoms with Crippen molar-refractivity contribution >= 4 is 28.3 Å². The number of nitro groups is 1. The molecule has 1 aliphatic rings. The second-order valence-corrected chi connectivity index (χ2v) is 7.58. The fraction of sp³-hybridized carbons (Fsp3) is 0.190. The maximum atomic E-state index is 13.1. The molecule has 2 aromatic carbocycles. The highest BCUT2D eigenvalue weighted by atomic mass is 35.5. The molecule has 0 fully saturated rings. The van der Waals surface area contributed by atoms with Crippen molar-refractivity contribution in [3.05, 3.63) is 80.0 Å². The van der Waals surface area contributed by atoms with Crippen LogP contribution in [0.4, 0.5) is 5.69 Å². The lowest BCUT2D eigenvalue weighted by atomic mass is 10.2. The van der Waals surface area contributed by atoms with E-state index >= 15 is 0 Å². The average molecular weight is 454 g/mol. The molecule has 0 saturated heterocycles. The molecule has 0 radical (unpaired) electrons. The van der Waals surface area contributed by atoms with Crippen LogP contribution in [0.25, 0.3) is 16.7 Å². The Morgan fingerprint density at radius 2 is 2.00 bits per heavy atom. The Hall–Kier alpha value is -3.92. The van der Waals surface area contributed by atoms with E-state index in [-0.39, 0.29) is 34.5 Å². The van der Waals surface area contributed by atoms with E-state index in [4.69, 9.17) is 21.1 Å². The molecule has 5 rings (SSSR count). The number of halogens is 1. The summed E-state index contributed by atoms with van der Waals surface area (Å²) in [6.07, 6.45) is 3.50. The molecular weight excluding hydrogens is 438 g/mol. The molecule has 1 aliphatic heterocycles. The molecule has 0 atom stereocenters. The summed E-state index contributed by atoms with van der Waals surface area (Å²) >= 11 is 6.36. The Morgan fingerprint density at radius 1 is 1.19 bits per heavy atom. The van der Waals surface area contributed by atoms with Crippen molar-refractivity contribution in [3.8, 4) is 17.2 Å². The van der Waals surface area contributed by atoms with Crippen LogP contribution in [0.15, 0.2) is 53.7 Å². The zero-order valence-corrected chi connectivity index (χ0v) is 17.4. The van der Waals surface area contributed by atoms with E-state index in [2.05, 4.69) is 10.1 Å². The number of hydrogen-bond acceptors (Lipinski definition) is 7. The Labute approximate surface area is 185 Å². The quantitative estimate of drug-likeness (QED) is 0.343. The van der Waals surface area contributed by atoms with Crippen LogP contribution in [0.3, 0.4) is 0 Å². The number of para-hydroxylation sites is 2. The van der Waals surface area contributed by atoms with Crippen molar-refractivity contribution in [2.24, 2.45) is 0 Å². The first-order valence-electron chi connectivity index (χ1n) is 9.78. The fourth-order valence-electron chi connectivity index (χ4n) is 3.61. The van der Waals surface area contributed by atoms with Gasteiger partial charge in [0.25, 0.3) is 11.2 Å². The minimum Gasteiger partial charge on any atom is -0.489 e. The topological polar surface area (TPSA) is 114 Å². The maximum absolute atomic E-state index is 13.1. The van der Waals surface area contributed by atoms with Crippen molar-refractivity contribution in [1.29, 1.82) is 0 Å². The van der Waals surface area contributed by atoms with E-state index in [1.165, 1.54) is 27.8 Å². The van der Waals surface area contributed by atoms with Gasteiger partial charge in [0.1, 0.15) is 17.4 Å². The number of fused-ring (bicyclic) bond motifs is 2. The van der Waals surface area contributed by atoms with E-state index < -0.39 is 4.92 Å². The molecule has 10 nitrogen and oxygen atoms in total. The molecule has 2 aromatic heterocycles. The highest BCUT2D eigenvalue weighted by molar-refractivity contribution is 6.32. The Morgan fingerprint density at radius 3 is 2.84 bits per heavy atom. The highest BCUT2D eigenvalue weighted by Gasteiger charge is 2.20. The predicted molar refractivity (Wildman–Crippen MR) is 116 cm³/mol. The van der Waals surface area contributed by atoms with Crippen LogP contribution in [-0.2, 0) is 6.54 Å². The van der Waals surface area contributed by atoms with Gasteiger partial charge in [-0.1, -0.05) is 23.7 Å². The lowest BCUT2D eigenvalue weighted by Crippen LogP contribution is -2.21. The molecule has 0 amide bonds. The molecule has 0 bridgehead atoms. The van der Waals surface area contributed by atoms with E-state index in [0.717, 1.165) is 12.0 Å². The molecule has 11 heteroatoms. The summed E-state index contributed by atoms with van der Waals surface area (Å²) in [7, 11) is 0. The number of nitrogens with zero attached hydrogens (tertiary/aromatic N) is 5. The molecule has 0 N–H and O–H groups in total. The lowest BCUT2D eigenvalue weighted by Gasteiger charge is -2.12. The molecule has 0 aliphatic carbocycles. The van der Waals surface area contributed by atoms with E-state index in [0.29, 0.717) is 29.7 Å². The molecule has 0 unspecified atom stereocenters. The normalized spacial score (nSPS) is 13.2. The Bertz CT molecular complexity index is 1410. The van der Waals surface area contributed by atoms with Gasteiger partial charge in [-0.15, -0.1) is 0 Å². The average Bonchev–Trinajstić information content (AvgIpc) is 3.07. The number of ether oxygens (including phenoxy) is 2. The van der Waals surface area contributed by atoms with Crippen LogP contribution in [0, 0.1) is 10.1 Å². The molecular formula is C21H16ClN5O5. The largest absolute Gasteiger partial charge is 0.489 e. The number of nitro benzene ring substituents is 1. The van der Waals surface area contributed by atoms with Crippen molar-refractivity contribution < 1.29 is 14.4 Å². The molecule has 4 aromatic rings. The molecule has 0 saturated carbocycles. The molecule has 0 spiro atoms. The van der Waals surface area contributed by atoms with E-state index in [1.807, 2.05) is 0 Å². The van der Waals surface area contributed by atoms with Gasteiger partial charge in [0, 0.05) is 12.5 Å². The minimum absolute atomic E-state index is 0.134. The van der Waals surface area contributed by atoms with E-state index in [9.17, 15) is 14.9 Å². The van der Waals surface area contributed by atoms with Gasteiger partial charge < -0.3 is 9.47 Å². The summed E-state index contributed by atoms with van der Waals surface area (Å²) in [5.41, 5.74) is 0.742. The van der Waals surface area contributed by atoms with Crippen LogP contribution in [0.2, 0.25) is 5.02 Å². The number of rotatable bonds is 4. The molecule has 32 heavy (non-hydrogen) atoms. The SMILES string of the molecule is O=c1c2cnn(-c3ccccc3[N+](=O)[O-])c2ncn1Cc1cc(Cl)c2c(c1)OCCCO2. The van der Waals surface area contributed by atoms with Crippen LogP contribution in [0.5, 0.6) is 11.5 Å². The Balaban J connectivity index is 1.54. The zero-order chi connectivity index (χ0) is 22.2. The summed E-state index contributed by atoms with van der Waals surface area (Å²) in [6, 6.07) is 9.66. The smallest absolute Gasteiger partial charge is 0.294 e. The second kappa shape index (κ2) is 7.97. The minimum atomic E-state index is -0.502. The van der Waals surface area contributed by atoms with Crippen molar-refractivity contribution in [1.82, 2.24) is 19.3 Å². The summed E-state index contributed by atoms with van der Waals surface area (Å²) in [4.78, 5) is 28.3. The fourth-order valence-corrected chi connectivity index (χ4v) is 3.90. The van der Waals surface area contributed by atoms with Gasteiger partial charge in [-0.05, 0) is 23.8 Å². The van der Waals surface area contributed by atoms with Crippen molar-refractivity contribution in [3.63, 3.8) is 0 Å². The van der Waals surface area contributed by atoms with Crippen LogP contribution < -0.4 is 15.0 Å². The van der Waals surface area contributed by atoms with Gasteiger partial charge in [-0.2, -0.15) is 5.10 Å². The van der Waals surface area contributed by atoms with Gasteiger partial charge in [0.2, 0.25) is 0 Å². The second-order valence-electron chi connectivity index (χ2n) is 7.17. The third-order valence-corrected chi connectivity index (χ3v) is 5.36. The van der Waals surface area contributed by atoms with Crippen LogP contribution in [-0.4, -0.2) is 37.5 Å². The molecule has 162 valence electrons. The first-order chi connectivity index (χ1) is 15.5. The first-order valence-corrected chi connectivity index (χ1v) is 10.2. The number of hydrogen-bond donors (Lipinski definition) is 0. The van der Waals surface area contributed by atoms with Gasteiger partial charge in [-0.25, -0.2) is 9.67 Å². The van der Waals surface area contributed by atoms with Gasteiger partial charge >= 0.3 is 0 Å². The van der Waals surface area contributed by atoms with Gasteiger partial charge in [-0.3, -0.25) is 19.5 Å². The van der Waals surface area contributed by atoms with Gasteiger partial charge in [0.15, 0.2) is 17.1 Å². The Kier molecular flexibility index (Phi) is 4.98. The number of aromatic nitrogens is 4. The third-order valence-electron chi connectivity index (χ3n) is 5.08. The maximum Gasteiger partial charge on any atom is 0.294 e. The zero-order valence-electron chi connectivity index (χ0n) is 16.6. The van der Waals surface area contributed by atoms with Crippen molar-refractivity contribution in [2.45, 2.75) is 13.0 Å². The number of benzene rings is 2. The summed E-state index contributed by atoms with van der Waals surface area (Å²) in [5.74, 6) is 1.04. The third kappa shape index (κ3) is 3.44. The predicted octanol–water partition coefficient (Wildman–Crippen LogP) is 3.35. The van der Waals surface area contributed by atoms with Crippen molar-refractivity contribution in [2.75, 3.05) is 13.2 Å². The first kappa shape index (κ1) is 20.0. The summed E-state index contributed by atoms with van der Waals surface area (Å²) in [6.45, 7) is 1.25. The van der Waals surface area contributed by atoms with Crippen LogP contribution >= 0.6 is 11.6 Å². The van der Waals surface area contributed by atoms with Gasteiger partial charge in [0.05, 0.1) is 35.9 Å². The lowest BCUT2D eigenvalue weighted by molar-refractivity contribution is -0.384. The van der Waals surface area contributed by atoms with Crippen LogP contribution in [0.1, 0.15) is 12.0 Å². The monoisotopic (exact) mass is 453 g/mol. The van der Waals surface area contributed by atoms with E-state index in [1.54, 1.807) is 30.3 Å². The summed E-state index contributed by atoms with van der Waals surface area (Å²) in [5, 5.41) is 16.2. The highest BCUT2D eigenvalue weighted by Crippen LogP contribution is 2.38. The standard InChI is InChI=1S/C21H16ClN5O5/c22-15-8-13(9-18-19(15)32-7-3-6-31-18)11-25-12-23-20-14(21(25)28)10-24-26(20)16-4-1-2-5-17(16)27(29)30/h1-2,4-5,8-10,12H,3,6-7,11H2. The molecule has 3 heterocycles. The summed E-state index contributed by atoms with van der Waals surface area (Å²) < 4.78 is 14.1.